The molecule has 1 amide bonds. The van der Waals surface area contributed by atoms with E-state index in [4.69, 9.17) is 5.11 Å². The van der Waals surface area contributed by atoms with Crippen molar-refractivity contribution in [3.63, 3.8) is 0 Å². The molecular weight excluding hydrogens is 286 g/mol. The van der Waals surface area contributed by atoms with Gasteiger partial charge in [-0.25, -0.2) is 0 Å². The first-order valence-electron chi connectivity index (χ1n) is 7.56. The number of non-ortho nitro benzene ring substituents is 1. The summed E-state index contributed by atoms with van der Waals surface area (Å²) in [6.45, 7) is 2.05. The number of nitrogens with zero attached hydrogens (tertiary/aromatic N) is 2. The largest absolute Gasteiger partial charge is 0.396 e. The number of hydrogen-bond donors (Lipinski definition) is 2. The number of rotatable bonds is 6. The number of aliphatic hydroxyl groups excluding tert-OH is 1. The summed E-state index contributed by atoms with van der Waals surface area (Å²) in [5.41, 5.74) is 0.980. The predicted molar refractivity (Wildman–Crippen MR) is 83.2 cm³/mol. The Morgan fingerprint density at radius 1 is 1.32 bits per heavy atom. The van der Waals surface area contributed by atoms with Gasteiger partial charge in [-0.05, 0) is 31.7 Å². The van der Waals surface area contributed by atoms with E-state index in [2.05, 4.69) is 10.2 Å². The van der Waals surface area contributed by atoms with Crippen molar-refractivity contribution in [2.45, 2.75) is 25.7 Å². The number of nitro groups is 1. The number of aliphatic hydroxyl groups is 1. The fraction of sp³-hybridized carbons (Fsp3) is 0.533. The van der Waals surface area contributed by atoms with E-state index in [1.54, 1.807) is 6.07 Å². The van der Waals surface area contributed by atoms with Crippen LogP contribution in [0.3, 0.4) is 0 Å². The van der Waals surface area contributed by atoms with Crippen LogP contribution in [-0.2, 0) is 0 Å². The Morgan fingerprint density at radius 3 is 2.68 bits per heavy atom. The number of piperidine rings is 1. The number of nitrogens with one attached hydrogen (secondary N) is 1. The summed E-state index contributed by atoms with van der Waals surface area (Å²) in [5.74, 6) is -0.335. The Balaban J connectivity index is 2.26. The molecule has 1 aromatic rings. The highest BCUT2D eigenvalue weighted by Gasteiger charge is 2.21. The normalized spacial score (nSPS) is 14.7. The molecule has 1 aliphatic rings. The molecule has 1 fully saturated rings. The van der Waals surface area contributed by atoms with Gasteiger partial charge in [0.2, 0.25) is 0 Å². The van der Waals surface area contributed by atoms with E-state index in [-0.39, 0.29) is 18.2 Å². The topological polar surface area (TPSA) is 95.7 Å². The molecule has 0 atom stereocenters. The molecule has 120 valence electrons. The minimum atomic E-state index is -0.496. The van der Waals surface area contributed by atoms with E-state index < -0.39 is 4.92 Å². The van der Waals surface area contributed by atoms with Crippen LogP contribution in [-0.4, -0.2) is 42.2 Å². The highest BCUT2D eigenvalue weighted by molar-refractivity contribution is 6.00. The zero-order valence-electron chi connectivity index (χ0n) is 12.5. The van der Waals surface area contributed by atoms with Crippen LogP contribution in [0.15, 0.2) is 18.2 Å². The third-order valence-electron chi connectivity index (χ3n) is 3.75. The zero-order chi connectivity index (χ0) is 15.9. The maximum atomic E-state index is 12.3. The second kappa shape index (κ2) is 7.74. The Morgan fingerprint density at radius 2 is 2.05 bits per heavy atom. The molecule has 7 nitrogen and oxygen atoms in total. The van der Waals surface area contributed by atoms with Crippen LogP contribution in [0.5, 0.6) is 0 Å². The molecule has 7 heteroatoms. The molecule has 1 heterocycles. The molecule has 1 aliphatic heterocycles. The van der Waals surface area contributed by atoms with Gasteiger partial charge in [-0.2, -0.15) is 0 Å². The summed E-state index contributed by atoms with van der Waals surface area (Å²) in [6.07, 6.45) is 3.74. The smallest absolute Gasteiger partial charge is 0.270 e. The lowest BCUT2D eigenvalue weighted by Gasteiger charge is -2.30. The van der Waals surface area contributed by atoms with Crippen molar-refractivity contribution in [2.24, 2.45) is 0 Å². The average Bonchev–Trinajstić information content (AvgIpc) is 2.55. The highest BCUT2D eigenvalue weighted by Crippen LogP contribution is 2.28. The second-order valence-corrected chi connectivity index (χ2v) is 5.34. The van der Waals surface area contributed by atoms with E-state index in [1.165, 1.54) is 18.6 Å². The van der Waals surface area contributed by atoms with E-state index in [1.807, 2.05) is 0 Å². The molecule has 0 aliphatic carbocycles. The quantitative estimate of drug-likeness (QED) is 0.474. The number of carbonyl (C=O) groups is 1. The first-order chi connectivity index (χ1) is 10.6. The van der Waals surface area contributed by atoms with Crippen LogP contribution < -0.4 is 10.2 Å². The molecule has 0 spiro atoms. The minimum Gasteiger partial charge on any atom is -0.396 e. The standard InChI is InChI=1S/C15H21N3O4/c19-10-4-7-16-15(20)13-11-12(18(21)22)5-6-14(13)17-8-2-1-3-9-17/h5-6,11,19H,1-4,7-10H2,(H,16,20). The summed E-state index contributed by atoms with van der Waals surface area (Å²) < 4.78 is 0. The van der Waals surface area contributed by atoms with Gasteiger partial charge in [0.1, 0.15) is 0 Å². The summed E-state index contributed by atoms with van der Waals surface area (Å²) in [4.78, 5) is 24.9. The molecule has 1 saturated heterocycles. The molecule has 0 unspecified atom stereocenters. The van der Waals surface area contributed by atoms with Gasteiger partial charge in [-0.1, -0.05) is 0 Å². The third-order valence-corrected chi connectivity index (χ3v) is 3.75. The number of nitro benzene ring substituents is 1. The molecule has 0 bridgehead atoms. The monoisotopic (exact) mass is 307 g/mol. The number of hydrogen-bond acceptors (Lipinski definition) is 5. The predicted octanol–water partition coefficient (Wildman–Crippen LogP) is 1.70. The van der Waals surface area contributed by atoms with Gasteiger partial charge in [-0.15, -0.1) is 0 Å². The van der Waals surface area contributed by atoms with Gasteiger partial charge in [0, 0.05) is 38.4 Å². The lowest BCUT2D eigenvalue weighted by Crippen LogP contribution is -2.33. The molecule has 0 aromatic heterocycles. The van der Waals surface area contributed by atoms with Crippen molar-refractivity contribution in [2.75, 3.05) is 31.1 Å². The van der Waals surface area contributed by atoms with Crippen molar-refractivity contribution in [1.82, 2.24) is 5.32 Å². The Kier molecular flexibility index (Phi) is 5.71. The van der Waals surface area contributed by atoms with Gasteiger partial charge < -0.3 is 15.3 Å². The van der Waals surface area contributed by atoms with Gasteiger partial charge in [0.25, 0.3) is 11.6 Å². The molecular formula is C15H21N3O4. The fourth-order valence-corrected chi connectivity index (χ4v) is 2.61. The number of benzene rings is 1. The van der Waals surface area contributed by atoms with Gasteiger partial charge in [0.05, 0.1) is 16.2 Å². The minimum absolute atomic E-state index is 0.00575. The van der Waals surface area contributed by atoms with Crippen molar-refractivity contribution in [1.29, 1.82) is 0 Å². The lowest BCUT2D eigenvalue weighted by atomic mass is 10.1. The van der Waals surface area contributed by atoms with Crippen LogP contribution in [0, 0.1) is 10.1 Å². The molecule has 0 saturated carbocycles. The van der Waals surface area contributed by atoms with Crippen LogP contribution in [0.1, 0.15) is 36.0 Å². The maximum absolute atomic E-state index is 12.3. The Labute approximate surface area is 129 Å². The summed E-state index contributed by atoms with van der Waals surface area (Å²) in [7, 11) is 0. The molecule has 0 radical (unpaired) electrons. The first-order valence-corrected chi connectivity index (χ1v) is 7.56. The number of amides is 1. The summed E-state index contributed by atoms with van der Waals surface area (Å²) in [6, 6.07) is 4.43. The van der Waals surface area contributed by atoms with Crippen LogP contribution in [0.2, 0.25) is 0 Å². The van der Waals surface area contributed by atoms with Crippen molar-refractivity contribution < 1.29 is 14.8 Å². The maximum Gasteiger partial charge on any atom is 0.270 e. The van der Waals surface area contributed by atoms with Crippen molar-refractivity contribution in [3.05, 3.63) is 33.9 Å². The molecule has 2 rings (SSSR count). The Hall–Kier alpha value is -2.15. The lowest BCUT2D eigenvalue weighted by molar-refractivity contribution is -0.384. The summed E-state index contributed by atoms with van der Waals surface area (Å²) >= 11 is 0. The molecule has 2 N–H and O–H groups in total. The van der Waals surface area contributed by atoms with Gasteiger partial charge in [0.15, 0.2) is 0 Å². The van der Waals surface area contributed by atoms with Crippen molar-refractivity contribution >= 4 is 17.3 Å². The van der Waals surface area contributed by atoms with Crippen LogP contribution in [0.25, 0.3) is 0 Å². The first kappa shape index (κ1) is 16.2. The second-order valence-electron chi connectivity index (χ2n) is 5.34. The summed E-state index contributed by atoms with van der Waals surface area (Å²) in [5, 5.41) is 22.4. The van der Waals surface area contributed by atoms with E-state index in [0.29, 0.717) is 18.5 Å². The number of anilines is 1. The van der Waals surface area contributed by atoms with E-state index in [0.717, 1.165) is 31.6 Å². The highest BCUT2D eigenvalue weighted by atomic mass is 16.6. The van der Waals surface area contributed by atoms with E-state index >= 15 is 0 Å². The molecule has 22 heavy (non-hydrogen) atoms. The van der Waals surface area contributed by atoms with Crippen LogP contribution in [0.4, 0.5) is 11.4 Å². The van der Waals surface area contributed by atoms with Gasteiger partial charge >= 0.3 is 0 Å². The van der Waals surface area contributed by atoms with Crippen molar-refractivity contribution in [3.8, 4) is 0 Å². The SMILES string of the molecule is O=C(NCCCO)c1cc([N+](=O)[O-])ccc1N1CCCCC1. The van der Waals surface area contributed by atoms with Gasteiger partial charge in [-0.3, -0.25) is 14.9 Å². The third kappa shape index (κ3) is 3.94. The number of carbonyl (C=O) groups excluding carboxylic acids is 1. The average molecular weight is 307 g/mol. The fourth-order valence-electron chi connectivity index (χ4n) is 2.61. The van der Waals surface area contributed by atoms with E-state index in [9.17, 15) is 14.9 Å². The zero-order valence-corrected chi connectivity index (χ0v) is 12.5. The Bertz CT molecular complexity index is 542. The molecule has 1 aromatic carbocycles. The van der Waals surface area contributed by atoms with Crippen LogP contribution >= 0.6 is 0 Å².